The molecule has 0 aliphatic heterocycles. The first-order chi connectivity index (χ1) is 17.4. The third-order valence-electron chi connectivity index (χ3n) is 4.87. The van der Waals surface area contributed by atoms with Crippen LogP contribution in [0.5, 0.6) is 11.5 Å². The number of ether oxygens (including phenoxy) is 2. The average Bonchev–Trinajstić information content (AvgIpc) is 3.36. The Hall–Kier alpha value is -4.26. The van der Waals surface area contributed by atoms with E-state index in [4.69, 9.17) is 30.8 Å². The normalized spacial score (nSPS) is 11.1. The number of rotatable bonds is 9. The number of aromatic nitrogens is 2. The minimum absolute atomic E-state index is 0.00508. The smallest absolute Gasteiger partial charge is 0.342 e. The lowest BCUT2D eigenvalue weighted by Gasteiger charge is -2.07. The van der Waals surface area contributed by atoms with Crippen LogP contribution in [-0.4, -0.2) is 28.4 Å². The van der Waals surface area contributed by atoms with Gasteiger partial charge in [-0.25, -0.2) is 4.79 Å². The molecule has 3 aromatic carbocycles. The van der Waals surface area contributed by atoms with Gasteiger partial charge >= 0.3 is 5.97 Å². The highest BCUT2D eigenvalue weighted by Crippen LogP contribution is 2.35. The van der Waals surface area contributed by atoms with Gasteiger partial charge in [-0.3, -0.25) is 0 Å². The van der Waals surface area contributed by atoms with Crippen LogP contribution in [0, 0.1) is 11.3 Å². The van der Waals surface area contributed by atoms with Crippen molar-refractivity contribution >= 4 is 35.4 Å². The molecule has 0 atom stereocenters. The van der Waals surface area contributed by atoms with Crippen molar-refractivity contribution in [1.82, 2.24) is 10.2 Å². The summed E-state index contributed by atoms with van der Waals surface area (Å²) >= 11 is 6.90. The fourth-order valence-electron chi connectivity index (χ4n) is 3.09. The van der Waals surface area contributed by atoms with Crippen molar-refractivity contribution in [3.8, 4) is 29.0 Å². The molecule has 0 fully saturated rings. The summed E-state index contributed by atoms with van der Waals surface area (Å²) in [5.41, 5.74) is 2.67. The lowest BCUT2D eigenvalue weighted by atomic mass is 10.1. The van der Waals surface area contributed by atoms with Gasteiger partial charge in [-0.2, -0.15) is 5.26 Å². The number of halogens is 1. The fourth-order valence-corrected chi connectivity index (χ4v) is 3.93. The van der Waals surface area contributed by atoms with Crippen LogP contribution in [0.2, 0.25) is 5.02 Å². The van der Waals surface area contributed by atoms with Crippen LogP contribution < -0.4 is 9.47 Å². The number of nitrogens with zero attached hydrogens (tertiary/aromatic N) is 3. The number of aliphatic carboxylic acids is 1. The Morgan fingerprint density at radius 3 is 2.56 bits per heavy atom. The number of thioether (sulfide) groups is 1. The Morgan fingerprint density at radius 1 is 1.14 bits per heavy atom. The van der Waals surface area contributed by atoms with Gasteiger partial charge in [0.15, 0.2) is 0 Å². The zero-order chi connectivity index (χ0) is 25.5. The molecule has 0 spiro atoms. The monoisotopic (exact) mass is 519 g/mol. The van der Waals surface area contributed by atoms with Crippen molar-refractivity contribution in [2.45, 2.75) is 11.8 Å². The highest BCUT2D eigenvalue weighted by atomic mass is 35.5. The molecule has 0 saturated heterocycles. The quantitative estimate of drug-likeness (QED) is 0.207. The molecule has 0 aliphatic carbocycles. The van der Waals surface area contributed by atoms with Gasteiger partial charge in [0.25, 0.3) is 11.1 Å². The molecule has 0 aliphatic rings. The lowest BCUT2D eigenvalue weighted by molar-refractivity contribution is -0.131. The topological polar surface area (TPSA) is 118 Å². The predicted molar refractivity (Wildman–Crippen MR) is 135 cm³/mol. The molecule has 10 heteroatoms. The molecule has 36 heavy (non-hydrogen) atoms. The molecule has 0 radical (unpaired) electrons. The van der Waals surface area contributed by atoms with Gasteiger partial charge in [0.2, 0.25) is 0 Å². The number of carbonyl (C=O) groups is 1. The second kappa shape index (κ2) is 11.4. The maximum Gasteiger partial charge on any atom is 0.342 e. The van der Waals surface area contributed by atoms with Crippen LogP contribution >= 0.6 is 23.4 Å². The summed E-state index contributed by atoms with van der Waals surface area (Å²) in [7, 11) is 1.51. The summed E-state index contributed by atoms with van der Waals surface area (Å²) < 4.78 is 16.7. The fraction of sp³-hybridized carbons (Fsp3) is 0.0769. The first-order valence-corrected chi connectivity index (χ1v) is 11.7. The molecule has 4 aromatic rings. The van der Waals surface area contributed by atoms with Crippen molar-refractivity contribution in [1.29, 1.82) is 5.26 Å². The summed E-state index contributed by atoms with van der Waals surface area (Å²) in [5.74, 6) is 0.139. The van der Waals surface area contributed by atoms with E-state index in [1.807, 2.05) is 12.1 Å². The van der Waals surface area contributed by atoms with Crippen LogP contribution in [0.1, 0.15) is 16.7 Å². The van der Waals surface area contributed by atoms with Crippen LogP contribution in [0.25, 0.3) is 17.5 Å². The molecule has 180 valence electrons. The van der Waals surface area contributed by atoms with Crippen LogP contribution in [0.4, 0.5) is 0 Å². The number of hydrogen-bond donors (Lipinski definition) is 1. The zero-order valence-corrected chi connectivity index (χ0v) is 20.4. The number of carboxylic acids is 1. The predicted octanol–water partition coefficient (Wildman–Crippen LogP) is 6.07. The van der Waals surface area contributed by atoms with Crippen molar-refractivity contribution in [3.63, 3.8) is 0 Å². The van der Waals surface area contributed by atoms with E-state index < -0.39 is 5.97 Å². The van der Waals surface area contributed by atoms with Gasteiger partial charge < -0.3 is 19.0 Å². The molecule has 4 rings (SSSR count). The third-order valence-corrected chi connectivity index (χ3v) is 5.96. The van der Waals surface area contributed by atoms with Crippen molar-refractivity contribution in [2.24, 2.45) is 0 Å². The first-order valence-electron chi connectivity index (χ1n) is 10.5. The molecule has 1 N–H and O–H groups in total. The number of benzene rings is 3. The first kappa shape index (κ1) is 24.9. The van der Waals surface area contributed by atoms with Gasteiger partial charge in [0, 0.05) is 5.02 Å². The van der Waals surface area contributed by atoms with Crippen LogP contribution in [-0.2, 0) is 11.4 Å². The van der Waals surface area contributed by atoms with Crippen LogP contribution in [0.15, 0.2) is 81.3 Å². The number of methoxy groups -OCH3 is 1. The lowest BCUT2D eigenvalue weighted by Crippen LogP contribution is -1.97. The SMILES string of the molecule is COc1ccc(Cl)cc1-c1nnc(S/C(=C\c2ccc(OCc3ccc(C#N)cc3)cc2)C(=O)O)o1. The standard InChI is InChI=1S/C26H18ClN3O5S/c1-33-22-11-8-19(27)13-21(22)24-29-30-26(35-24)36-23(25(31)32)12-16-6-9-20(10-7-16)34-15-18-4-2-17(14-28)3-5-18/h2-13H,15H2,1H3,(H,31,32)/b23-12-. The summed E-state index contributed by atoms with van der Waals surface area (Å²) in [6, 6.07) is 21.2. The number of hydrogen-bond acceptors (Lipinski definition) is 8. The van der Waals surface area contributed by atoms with E-state index in [1.165, 1.54) is 13.2 Å². The van der Waals surface area contributed by atoms with Gasteiger partial charge in [-0.05, 0) is 71.4 Å². The van der Waals surface area contributed by atoms with E-state index in [1.54, 1.807) is 54.6 Å². The maximum atomic E-state index is 11.8. The third kappa shape index (κ3) is 6.24. The Bertz CT molecular complexity index is 1440. The maximum absolute atomic E-state index is 11.8. The van der Waals surface area contributed by atoms with E-state index in [9.17, 15) is 9.90 Å². The Balaban J connectivity index is 1.45. The number of nitriles is 1. The summed E-state index contributed by atoms with van der Waals surface area (Å²) in [4.78, 5) is 11.8. The molecule has 0 unspecified atom stereocenters. The Labute approximate surface area is 215 Å². The van der Waals surface area contributed by atoms with Crippen molar-refractivity contribution < 1.29 is 23.8 Å². The van der Waals surface area contributed by atoms with E-state index in [-0.39, 0.29) is 16.0 Å². The second-order valence-corrected chi connectivity index (χ2v) is 8.73. The minimum atomic E-state index is -1.14. The largest absolute Gasteiger partial charge is 0.496 e. The highest BCUT2D eigenvalue weighted by molar-refractivity contribution is 8.03. The molecular weight excluding hydrogens is 502 g/mol. The van der Waals surface area contributed by atoms with Gasteiger partial charge in [-0.1, -0.05) is 35.9 Å². The average molecular weight is 520 g/mol. The van der Waals surface area contributed by atoms with E-state index in [0.29, 0.717) is 39.8 Å². The summed E-state index contributed by atoms with van der Waals surface area (Å²) in [6.45, 7) is 0.341. The Morgan fingerprint density at radius 2 is 1.89 bits per heavy atom. The summed E-state index contributed by atoms with van der Waals surface area (Å²) in [5, 5.41) is 27.0. The van der Waals surface area contributed by atoms with Gasteiger partial charge in [-0.15, -0.1) is 10.2 Å². The minimum Gasteiger partial charge on any atom is -0.496 e. The highest BCUT2D eigenvalue weighted by Gasteiger charge is 2.18. The molecule has 1 aromatic heterocycles. The molecule has 1 heterocycles. The van der Waals surface area contributed by atoms with E-state index >= 15 is 0 Å². The van der Waals surface area contributed by atoms with Crippen LogP contribution in [0.3, 0.4) is 0 Å². The van der Waals surface area contributed by atoms with Gasteiger partial charge in [0.1, 0.15) is 23.0 Å². The van der Waals surface area contributed by atoms with Crippen molar-refractivity contribution in [2.75, 3.05) is 7.11 Å². The molecular formula is C26H18ClN3O5S. The summed E-state index contributed by atoms with van der Waals surface area (Å²) in [6.07, 6.45) is 1.50. The van der Waals surface area contributed by atoms with E-state index in [0.717, 1.165) is 17.3 Å². The van der Waals surface area contributed by atoms with Gasteiger partial charge in [0.05, 0.1) is 24.3 Å². The molecule has 8 nitrogen and oxygen atoms in total. The second-order valence-electron chi connectivity index (χ2n) is 7.30. The number of carboxylic acid groups (broad SMARTS) is 1. The molecule has 0 bridgehead atoms. The van der Waals surface area contributed by atoms with E-state index in [2.05, 4.69) is 16.3 Å². The van der Waals surface area contributed by atoms with Crippen molar-refractivity contribution in [3.05, 3.63) is 93.3 Å². The molecule has 0 amide bonds. The zero-order valence-electron chi connectivity index (χ0n) is 18.8. The molecule has 0 saturated carbocycles. The Kier molecular flexibility index (Phi) is 7.90.